The molecule has 18 nitrogen and oxygen atoms in total. The van der Waals surface area contributed by atoms with Crippen molar-refractivity contribution >= 4 is 45.8 Å². The molecular weight excluding hydrogens is 835 g/mol. The van der Waals surface area contributed by atoms with Gasteiger partial charge in [0, 0.05) is 43.4 Å². The van der Waals surface area contributed by atoms with Crippen LogP contribution in [0.2, 0.25) is 0 Å². The lowest BCUT2D eigenvalue weighted by Crippen LogP contribution is -2.61. The number of likely N-dealkylation sites (tertiary alicyclic amines) is 2. The van der Waals surface area contributed by atoms with Crippen LogP contribution < -0.4 is 21.1 Å². The zero-order valence-corrected chi connectivity index (χ0v) is 37.6. The number of nitrogens with zero attached hydrogens (tertiary/aromatic N) is 4. The van der Waals surface area contributed by atoms with Gasteiger partial charge in [-0.2, -0.15) is 0 Å². The maximum atomic E-state index is 14.4. The van der Waals surface area contributed by atoms with E-state index in [0.29, 0.717) is 63.6 Å². The van der Waals surface area contributed by atoms with Crippen molar-refractivity contribution in [1.82, 2.24) is 40.4 Å². The molecule has 0 radical (unpaired) electrons. The van der Waals surface area contributed by atoms with Crippen LogP contribution in [0.25, 0.3) is 44.2 Å². The van der Waals surface area contributed by atoms with Crippen molar-refractivity contribution in [3.05, 3.63) is 65.9 Å². The maximum Gasteiger partial charge on any atom is 0.407 e. The van der Waals surface area contributed by atoms with Crippen LogP contribution in [0.15, 0.2) is 48.7 Å². The Morgan fingerprint density at radius 2 is 1.66 bits per heavy atom. The number of H-pyrrole nitrogens is 2. The summed E-state index contributed by atoms with van der Waals surface area (Å²) < 4.78 is 27.2. The molecule has 2 aromatic heterocycles. The molecule has 344 valence electrons. The number of imidazole rings is 2. The summed E-state index contributed by atoms with van der Waals surface area (Å²) in [6, 6.07) is 12.1. The number of hydrogen-bond donors (Lipinski definition) is 5. The first-order valence-corrected chi connectivity index (χ1v) is 22.4. The summed E-state index contributed by atoms with van der Waals surface area (Å²) in [4.78, 5) is 73.4. The monoisotopic (exact) mass is 891 g/mol. The number of methoxy groups -OCH3 is 3. The summed E-state index contributed by atoms with van der Waals surface area (Å²) in [7, 11) is 4.05. The van der Waals surface area contributed by atoms with Crippen LogP contribution in [0.1, 0.15) is 82.6 Å². The van der Waals surface area contributed by atoms with Crippen molar-refractivity contribution in [1.29, 1.82) is 0 Å². The molecule has 0 saturated carbocycles. The second-order valence-corrected chi connectivity index (χ2v) is 17.8. The van der Waals surface area contributed by atoms with E-state index in [4.69, 9.17) is 39.4 Å². The first-order valence-electron chi connectivity index (χ1n) is 22.4. The molecule has 6 heterocycles. The van der Waals surface area contributed by atoms with Crippen molar-refractivity contribution in [2.24, 2.45) is 11.7 Å². The third-order valence-electron chi connectivity index (χ3n) is 14.0. The van der Waals surface area contributed by atoms with E-state index < -0.39 is 36.0 Å². The molecule has 4 amide bonds. The first-order chi connectivity index (χ1) is 31.3. The van der Waals surface area contributed by atoms with Crippen LogP contribution in [0.4, 0.5) is 9.59 Å². The van der Waals surface area contributed by atoms with E-state index >= 15 is 0 Å². The van der Waals surface area contributed by atoms with Crippen LogP contribution in [0.5, 0.6) is 5.75 Å². The second-order valence-electron chi connectivity index (χ2n) is 17.8. The van der Waals surface area contributed by atoms with E-state index in [9.17, 15) is 19.2 Å². The summed E-state index contributed by atoms with van der Waals surface area (Å²) in [5.41, 5.74) is 12.2. The third kappa shape index (κ3) is 7.90. The standard InChI is InChI=1S/C47H57N9O9/c1-24-7-12-36(55(24)42(57)38(26(3)61-4)53-45(59)62-5)41-50-34-11-9-28-20-33-31-10-8-29(19-30(31)23-65-37(33)21-32(28)40(34)52-41)35-22-49-44(51-35)47(48)16-13-25(2)56(47)43(58)39(54-46(60)63-6)27-14-17-64-18-15-27/h8-11,19-22,24-27,36,38-39H,7,12-18,23,48H2,1-6H3,(H,49,51)(H,50,52)(H,53,59)(H,54,60)/t24-,25-,26+,36-,38?,39-,47-/m0/s1. The molecule has 18 heteroatoms. The zero-order valence-electron chi connectivity index (χ0n) is 37.6. The minimum Gasteiger partial charge on any atom is -0.488 e. The summed E-state index contributed by atoms with van der Waals surface area (Å²) in [6.07, 6.45) is 3.66. The summed E-state index contributed by atoms with van der Waals surface area (Å²) in [5.74, 6) is 1.22. The van der Waals surface area contributed by atoms with E-state index in [-0.39, 0.29) is 35.9 Å². The summed E-state index contributed by atoms with van der Waals surface area (Å²) in [6.45, 7) is 7.06. The van der Waals surface area contributed by atoms with Gasteiger partial charge in [0.05, 0.1) is 49.3 Å². The van der Waals surface area contributed by atoms with Gasteiger partial charge in [-0.1, -0.05) is 18.2 Å². The Morgan fingerprint density at radius 3 is 2.42 bits per heavy atom. The average molecular weight is 892 g/mol. The lowest BCUT2D eigenvalue weighted by molar-refractivity contribution is -0.143. The van der Waals surface area contributed by atoms with Gasteiger partial charge in [-0.05, 0) is 112 Å². The van der Waals surface area contributed by atoms with Crippen molar-refractivity contribution in [3.8, 4) is 28.1 Å². The van der Waals surface area contributed by atoms with Gasteiger partial charge in [0.15, 0.2) is 5.66 Å². The highest BCUT2D eigenvalue weighted by molar-refractivity contribution is 6.07. The molecule has 7 atom stereocenters. The number of carbonyl (C=O) groups is 4. The number of nitrogens with one attached hydrogen (secondary N) is 4. The van der Waals surface area contributed by atoms with Crippen molar-refractivity contribution in [2.75, 3.05) is 34.5 Å². The highest BCUT2D eigenvalue weighted by Crippen LogP contribution is 2.44. The first kappa shape index (κ1) is 44.0. The highest BCUT2D eigenvalue weighted by atomic mass is 16.5. The van der Waals surface area contributed by atoms with Gasteiger partial charge in [-0.25, -0.2) is 19.6 Å². The van der Waals surface area contributed by atoms with Crippen molar-refractivity contribution in [2.45, 2.75) is 108 Å². The van der Waals surface area contributed by atoms with E-state index in [1.165, 1.54) is 21.3 Å². The number of aromatic amines is 2. The molecule has 3 fully saturated rings. The number of ether oxygens (including phenoxy) is 5. The molecule has 4 aliphatic rings. The predicted octanol–water partition coefficient (Wildman–Crippen LogP) is 5.75. The molecular formula is C47H57N9O9. The van der Waals surface area contributed by atoms with E-state index in [1.807, 2.05) is 38.1 Å². The normalized spacial score (nSPS) is 23.3. The molecule has 3 saturated heterocycles. The van der Waals surface area contributed by atoms with E-state index in [2.05, 4.69) is 38.8 Å². The average Bonchev–Trinajstić information content (AvgIpc) is 4.14. The highest BCUT2D eigenvalue weighted by Gasteiger charge is 2.51. The van der Waals surface area contributed by atoms with Crippen LogP contribution >= 0.6 is 0 Å². The molecule has 0 spiro atoms. The molecule has 1 unspecified atom stereocenters. The van der Waals surface area contributed by atoms with Gasteiger partial charge < -0.3 is 59.8 Å². The van der Waals surface area contributed by atoms with Crippen molar-refractivity contribution in [3.63, 3.8) is 0 Å². The molecule has 3 aromatic carbocycles. The smallest absolute Gasteiger partial charge is 0.407 e. The number of fused-ring (bicyclic) bond motifs is 6. The van der Waals surface area contributed by atoms with Gasteiger partial charge in [0.2, 0.25) is 11.8 Å². The fourth-order valence-electron chi connectivity index (χ4n) is 10.3. The topological polar surface area (TPSA) is 228 Å². The minimum atomic E-state index is -1.23. The predicted molar refractivity (Wildman–Crippen MR) is 239 cm³/mol. The Morgan fingerprint density at radius 1 is 0.892 bits per heavy atom. The van der Waals surface area contributed by atoms with Gasteiger partial charge in [0.1, 0.15) is 36.1 Å². The van der Waals surface area contributed by atoms with E-state index in [0.717, 1.165) is 61.9 Å². The van der Waals surface area contributed by atoms with E-state index in [1.54, 1.807) is 22.9 Å². The molecule has 65 heavy (non-hydrogen) atoms. The zero-order chi connectivity index (χ0) is 45.7. The Kier molecular flexibility index (Phi) is 11.9. The molecule has 0 aliphatic carbocycles. The third-order valence-corrected chi connectivity index (χ3v) is 14.0. The minimum absolute atomic E-state index is 0.0900. The quantitative estimate of drug-likeness (QED) is 0.113. The van der Waals surface area contributed by atoms with Crippen LogP contribution in [-0.2, 0) is 40.8 Å². The number of amides is 4. The van der Waals surface area contributed by atoms with Gasteiger partial charge in [-0.15, -0.1) is 0 Å². The van der Waals surface area contributed by atoms with Gasteiger partial charge in [0.25, 0.3) is 0 Å². The number of nitrogens with two attached hydrogens (primary N) is 1. The number of alkyl carbamates (subject to hydrolysis) is 2. The largest absolute Gasteiger partial charge is 0.488 e. The van der Waals surface area contributed by atoms with Crippen LogP contribution in [0.3, 0.4) is 0 Å². The lowest BCUT2D eigenvalue weighted by atomic mass is 9.90. The summed E-state index contributed by atoms with van der Waals surface area (Å²) >= 11 is 0. The molecule has 6 N–H and O–H groups in total. The lowest BCUT2D eigenvalue weighted by Gasteiger charge is -2.40. The number of hydrogen-bond acceptors (Lipinski definition) is 12. The number of rotatable bonds is 10. The maximum absolute atomic E-state index is 14.4. The van der Waals surface area contributed by atoms with Gasteiger partial charge in [-0.3, -0.25) is 9.59 Å². The second kappa shape index (κ2) is 17.6. The number of aromatic nitrogens is 4. The molecule has 0 bridgehead atoms. The number of carbonyl (C=O) groups excluding carboxylic acids is 4. The summed E-state index contributed by atoms with van der Waals surface area (Å²) in [5, 5.41) is 7.40. The molecule has 9 rings (SSSR count). The Balaban J connectivity index is 0.972. The van der Waals surface area contributed by atoms with Crippen LogP contribution in [-0.4, -0.2) is 119 Å². The Labute approximate surface area is 376 Å². The molecule has 4 aliphatic heterocycles. The van der Waals surface area contributed by atoms with Crippen LogP contribution in [0, 0.1) is 5.92 Å². The Bertz CT molecular complexity index is 2640. The van der Waals surface area contributed by atoms with Crippen molar-refractivity contribution < 1.29 is 42.9 Å². The Hall–Kier alpha value is -6.24. The fourth-order valence-corrected chi connectivity index (χ4v) is 10.3. The number of benzene rings is 3. The van der Waals surface area contributed by atoms with Gasteiger partial charge >= 0.3 is 12.2 Å². The SMILES string of the molecule is COC(=O)NC(C(=O)N1[C@@H](C)CC[C@H]1c1nc2ccc3cc4c(cc3c2[nH]1)OCc1cc(-c2cnc([C@]3(N)CC[C@H](C)N3C(=O)[C@@H](NC(=O)OC)C3CCOCC3)[nH]2)ccc1-4)[C@@H](C)OC. The fraction of sp³-hybridized carbons (Fsp3) is 0.489. The molecule has 5 aromatic rings.